The van der Waals surface area contributed by atoms with E-state index in [2.05, 4.69) is 29.8 Å². The maximum absolute atomic E-state index is 13.8. The van der Waals surface area contributed by atoms with Gasteiger partial charge in [-0.05, 0) is 48.9 Å². The zero-order valence-corrected chi connectivity index (χ0v) is 22.6. The topological polar surface area (TPSA) is 151 Å². The van der Waals surface area contributed by atoms with Crippen molar-refractivity contribution in [1.82, 2.24) is 20.9 Å². The number of hydrogen-bond donors (Lipinski definition) is 4. The summed E-state index contributed by atoms with van der Waals surface area (Å²) in [6, 6.07) is -3.19. The number of rotatable bonds is 9. The van der Waals surface area contributed by atoms with Crippen LogP contribution in [-0.4, -0.2) is 65.1 Å². The Hall–Kier alpha value is -2.65. The van der Waals surface area contributed by atoms with Gasteiger partial charge < -0.3 is 26.6 Å². The van der Waals surface area contributed by atoms with E-state index in [4.69, 9.17) is 5.73 Å². The van der Waals surface area contributed by atoms with Crippen molar-refractivity contribution in [2.75, 3.05) is 6.54 Å². The van der Waals surface area contributed by atoms with Gasteiger partial charge >= 0.3 is 6.03 Å². The normalized spacial score (nSPS) is 26.3. The van der Waals surface area contributed by atoms with E-state index < -0.39 is 47.2 Å². The number of nitrogens with two attached hydrogens (primary N) is 1. The lowest BCUT2D eigenvalue weighted by molar-refractivity contribution is -0.145. The number of nitrogens with zero attached hydrogens (tertiary/aromatic N) is 1. The third-order valence-corrected chi connectivity index (χ3v) is 8.24. The number of carbonyl (C=O) groups excluding carboxylic acids is 5. The van der Waals surface area contributed by atoms with Crippen LogP contribution in [0.15, 0.2) is 0 Å². The van der Waals surface area contributed by atoms with Gasteiger partial charge in [0.05, 0.1) is 6.04 Å². The predicted octanol–water partition coefficient (Wildman–Crippen LogP) is 1.32. The minimum atomic E-state index is -1.07. The summed E-state index contributed by atoms with van der Waals surface area (Å²) in [6.45, 7) is 13.8. The van der Waals surface area contributed by atoms with Gasteiger partial charge in [-0.3, -0.25) is 19.2 Å². The van der Waals surface area contributed by atoms with Crippen molar-refractivity contribution < 1.29 is 24.0 Å². The van der Waals surface area contributed by atoms with Gasteiger partial charge in [0.1, 0.15) is 12.1 Å². The van der Waals surface area contributed by atoms with Crippen molar-refractivity contribution >= 4 is 29.5 Å². The van der Waals surface area contributed by atoms with E-state index in [1.165, 1.54) is 0 Å². The van der Waals surface area contributed by atoms with Gasteiger partial charge in [0, 0.05) is 12.6 Å². The van der Waals surface area contributed by atoms with Crippen LogP contribution in [0.2, 0.25) is 0 Å². The molecule has 5 amide bonds. The highest BCUT2D eigenvalue weighted by Gasteiger charge is 2.69. The van der Waals surface area contributed by atoms with Crippen molar-refractivity contribution in [2.45, 2.75) is 98.3 Å². The number of carbonyl (C=O) groups is 5. The minimum absolute atomic E-state index is 0.0698. The summed E-state index contributed by atoms with van der Waals surface area (Å²) in [5.41, 5.74) is 4.54. The average Bonchev–Trinajstić information content (AvgIpc) is 3.06. The quantitative estimate of drug-likeness (QED) is 0.349. The molecular formula is C26H43N5O5. The van der Waals surface area contributed by atoms with Crippen molar-refractivity contribution in [3.8, 4) is 0 Å². The van der Waals surface area contributed by atoms with Gasteiger partial charge in [0.2, 0.25) is 17.6 Å². The number of nitrogens with one attached hydrogen (secondary N) is 3. The Morgan fingerprint density at radius 2 is 1.64 bits per heavy atom. The average molecular weight is 506 g/mol. The standard InChI is InChI=1S/C26H43N5O5/c1-13(2)28-24(36)30-20(25(3,4)5)23(35)31-12-15-17(26(15,6)7)18(31)22(34)29-16(19(32)21(27)33)11-14-9-8-10-14/h13-18,20H,8-12H2,1-7H3,(H2,27,33)(H,29,34)(H2,28,30,36)/t15-,16?,17?,18?,20-/m1/s1. The van der Waals surface area contributed by atoms with Crippen LogP contribution in [0.25, 0.3) is 0 Å². The molecule has 0 radical (unpaired) electrons. The molecule has 10 nitrogen and oxygen atoms in total. The molecule has 3 unspecified atom stereocenters. The van der Waals surface area contributed by atoms with Crippen LogP contribution in [0, 0.1) is 28.6 Å². The lowest BCUT2D eigenvalue weighted by atomic mass is 9.80. The predicted molar refractivity (Wildman–Crippen MR) is 134 cm³/mol. The van der Waals surface area contributed by atoms with E-state index in [-0.39, 0.29) is 35.1 Å². The number of ketones is 1. The van der Waals surface area contributed by atoms with Gasteiger partial charge in [-0.2, -0.15) is 0 Å². The Balaban J connectivity index is 1.83. The van der Waals surface area contributed by atoms with Crippen LogP contribution < -0.4 is 21.7 Å². The van der Waals surface area contributed by atoms with Crippen LogP contribution in [0.4, 0.5) is 4.79 Å². The molecule has 2 saturated carbocycles. The summed E-state index contributed by atoms with van der Waals surface area (Å²) in [4.78, 5) is 65.7. The molecule has 5 atom stereocenters. The second-order valence-corrected chi connectivity index (χ2v) is 12.8. The number of amides is 5. The first-order chi connectivity index (χ1) is 16.6. The Morgan fingerprint density at radius 1 is 1.03 bits per heavy atom. The summed E-state index contributed by atoms with van der Waals surface area (Å²) < 4.78 is 0. The smallest absolute Gasteiger partial charge is 0.315 e. The number of Topliss-reactive ketones (excluding diaryl/α,β-unsaturated/α-hetero) is 1. The second-order valence-electron chi connectivity index (χ2n) is 12.8. The molecule has 1 heterocycles. The largest absolute Gasteiger partial charge is 0.363 e. The van der Waals surface area contributed by atoms with Gasteiger partial charge in [0.25, 0.3) is 5.91 Å². The maximum Gasteiger partial charge on any atom is 0.315 e. The fourth-order valence-electron chi connectivity index (χ4n) is 5.78. The van der Waals surface area contributed by atoms with Gasteiger partial charge in [-0.15, -0.1) is 0 Å². The molecule has 1 saturated heterocycles. The Morgan fingerprint density at radius 3 is 2.11 bits per heavy atom. The Kier molecular flexibility index (Phi) is 7.77. The first-order valence-corrected chi connectivity index (χ1v) is 13.1. The molecule has 0 spiro atoms. The molecule has 0 bridgehead atoms. The molecule has 0 aromatic carbocycles. The molecule has 5 N–H and O–H groups in total. The zero-order chi connectivity index (χ0) is 27.2. The van der Waals surface area contributed by atoms with E-state index in [9.17, 15) is 24.0 Å². The second kappa shape index (κ2) is 10.0. The number of piperidine rings is 1. The summed E-state index contributed by atoms with van der Waals surface area (Å²) >= 11 is 0. The molecule has 3 rings (SSSR count). The molecule has 10 heteroatoms. The SMILES string of the molecule is CC(C)NC(=O)N[C@H](C(=O)N1C[C@@H]2C(C1C(=O)NC(CC1CCC1)C(=O)C(N)=O)C2(C)C)C(C)(C)C. The first-order valence-electron chi connectivity index (χ1n) is 13.1. The highest BCUT2D eigenvalue weighted by atomic mass is 16.2. The molecule has 2 aliphatic carbocycles. The highest BCUT2D eigenvalue weighted by molar-refractivity contribution is 6.37. The number of primary amides is 1. The lowest BCUT2D eigenvalue weighted by Crippen LogP contribution is -2.61. The third-order valence-electron chi connectivity index (χ3n) is 8.24. The summed E-state index contributed by atoms with van der Waals surface area (Å²) in [6.07, 6.45) is 3.32. The molecule has 3 aliphatic rings. The van der Waals surface area contributed by atoms with E-state index in [0.29, 0.717) is 13.0 Å². The van der Waals surface area contributed by atoms with Crippen molar-refractivity contribution in [3.05, 3.63) is 0 Å². The van der Waals surface area contributed by atoms with Gasteiger partial charge in [0.15, 0.2) is 0 Å². The monoisotopic (exact) mass is 505 g/mol. The van der Waals surface area contributed by atoms with Crippen molar-refractivity contribution in [1.29, 1.82) is 0 Å². The molecule has 0 aromatic heterocycles. The summed E-state index contributed by atoms with van der Waals surface area (Å²) in [7, 11) is 0. The van der Waals surface area contributed by atoms with Crippen LogP contribution in [0.1, 0.15) is 74.1 Å². The number of urea groups is 1. The lowest BCUT2D eigenvalue weighted by Gasteiger charge is -2.38. The van der Waals surface area contributed by atoms with Gasteiger partial charge in [-0.1, -0.05) is 53.9 Å². The Labute approximate surface area is 213 Å². The van der Waals surface area contributed by atoms with Crippen LogP contribution >= 0.6 is 0 Å². The first kappa shape index (κ1) is 27.9. The summed E-state index contributed by atoms with van der Waals surface area (Å²) in [5.74, 6) is -2.33. The van der Waals surface area contributed by atoms with E-state index in [1.54, 1.807) is 4.90 Å². The van der Waals surface area contributed by atoms with E-state index >= 15 is 0 Å². The molecule has 0 aromatic rings. The fraction of sp³-hybridized carbons (Fsp3) is 0.808. The molecule has 202 valence electrons. The van der Waals surface area contributed by atoms with Crippen LogP contribution in [-0.2, 0) is 19.2 Å². The van der Waals surface area contributed by atoms with Crippen LogP contribution in [0.5, 0.6) is 0 Å². The number of fused-ring (bicyclic) bond motifs is 1. The summed E-state index contributed by atoms with van der Waals surface area (Å²) in [5, 5.41) is 8.33. The molecule has 3 fully saturated rings. The van der Waals surface area contributed by atoms with E-state index in [1.807, 2.05) is 34.6 Å². The van der Waals surface area contributed by atoms with Gasteiger partial charge in [-0.25, -0.2) is 4.79 Å². The highest BCUT2D eigenvalue weighted by Crippen LogP contribution is 2.65. The zero-order valence-electron chi connectivity index (χ0n) is 22.6. The number of likely N-dealkylation sites (tertiary alicyclic amines) is 1. The van der Waals surface area contributed by atoms with Crippen molar-refractivity contribution in [3.63, 3.8) is 0 Å². The Bertz CT molecular complexity index is 920. The van der Waals surface area contributed by atoms with Crippen LogP contribution in [0.3, 0.4) is 0 Å². The van der Waals surface area contributed by atoms with Crippen molar-refractivity contribution in [2.24, 2.45) is 34.3 Å². The fourth-order valence-corrected chi connectivity index (χ4v) is 5.78. The van der Waals surface area contributed by atoms with E-state index in [0.717, 1.165) is 19.3 Å². The molecule has 1 aliphatic heterocycles. The maximum atomic E-state index is 13.8. The molecule has 36 heavy (non-hydrogen) atoms. The third kappa shape index (κ3) is 5.67. The molecular weight excluding hydrogens is 462 g/mol. The number of hydrogen-bond acceptors (Lipinski definition) is 5. The minimum Gasteiger partial charge on any atom is -0.363 e.